The first kappa shape index (κ1) is 15.3. The molecule has 2 atom stereocenters. The van der Waals surface area contributed by atoms with E-state index < -0.39 is 0 Å². The first-order valence-electron chi connectivity index (χ1n) is 9.28. The molecular formula is C18H32N2O. The Balaban J connectivity index is 1.78. The van der Waals surface area contributed by atoms with Gasteiger partial charge < -0.3 is 10.6 Å². The van der Waals surface area contributed by atoms with Gasteiger partial charge in [-0.25, -0.2) is 0 Å². The highest BCUT2D eigenvalue weighted by atomic mass is 16.2. The molecule has 3 nitrogen and oxygen atoms in total. The van der Waals surface area contributed by atoms with Crippen LogP contribution in [0.4, 0.5) is 0 Å². The number of nitrogens with two attached hydrogens (primary N) is 1. The number of nitrogens with zero attached hydrogens (tertiary/aromatic N) is 1. The third-order valence-electron chi connectivity index (χ3n) is 6.41. The van der Waals surface area contributed by atoms with Crippen LogP contribution in [0.15, 0.2) is 0 Å². The predicted molar refractivity (Wildman–Crippen MR) is 85.9 cm³/mol. The summed E-state index contributed by atoms with van der Waals surface area (Å²) < 4.78 is 0. The van der Waals surface area contributed by atoms with Gasteiger partial charge in [-0.15, -0.1) is 0 Å². The zero-order chi connectivity index (χ0) is 14.7. The number of piperidine rings is 1. The third kappa shape index (κ3) is 2.99. The lowest BCUT2D eigenvalue weighted by molar-refractivity contribution is -0.149. The second kappa shape index (κ2) is 6.68. The van der Waals surface area contributed by atoms with Gasteiger partial charge in [-0.1, -0.05) is 38.5 Å². The lowest BCUT2D eigenvalue weighted by Crippen LogP contribution is -2.56. The third-order valence-corrected chi connectivity index (χ3v) is 6.41. The number of likely N-dealkylation sites (tertiary alicyclic amines) is 1. The highest BCUT2D eigenvalue weighted by molar-refractivity contribution is 5.83. The summed E-state index contributed by atoms with van der Waals surface area (Å²) in [5.74, 6) is 1.19. The van der Waals surface area contributed by atoms with Gasteiger partial charge in [0.05, 0.1) is 5.41 Å². The van der Waals surface area contributed by atoms with E-state index in [1.807, 2.05) is 0 Å². The minimum atomic E-state index is -0.226. The Labute approximate surface area is 129 Å². The molecule has 1 amide bonds. The molecule has 3 heteroatoms. The van der Waals surface area contributed by atoms with Gasteiger partial charge in [0, 0.05) is 19.1 Å². The molecule has 0 aromatic carbocycles. The minimum absolute atomic E-state index is 0.226. The fourth-order valence-electron chi connectivity index (χ4n) is 5.09. The maximum absolute atomic E-state index is 13.4. The lowest BCUT2D eigenvalue weighted by atomic mass is 9.74. The van der Waals surface area contributed by atoms with E-state index in [0.717, 1.165) is 25.3 Å². The number of hydrogen-bond acceptors (Lipinski definition) is 2. The fourth-order valence-corrected chi connectivity index (χ4v) is 5.09. The standard InChI is InChI=1S/C18H32N2O/c19-14-18(11-5-1-2-6-12-18)17(21)20-13-7-9-15-8-3-4-10-16(15)20/h15-16H,1-14,19H2. The van der Waals surface area contributed by atoms with Crippen molar-refractivity contribution in [1.29, 1.82) is 0 Å². The van der Waals surface area contributed by atoms with Crippen molar-refractivity contribution in [1.82, 2.24) is 4.90 Å². The van der Waals surface area contributed by atoms with Crippen molar-refractivity contribution in [3.8, 4) is 0 Å². The zero-order valence-corrected chi connectivity index (χ0v) is 13.5. The van der Waals surface area contributed by atoms with Crippen LogP contribution in [0.2, 0.25) is 0 Å². The molecule has 0 bridgehead atoms. The molecule has 2 saturated carbocycles. The van der Waals surface area contributed by atoms with Gasteiger partial charge in [-0.2, -0.15) is 0 Å². The van der Waals surface area contributed by atoms with Gasteiger partial charge in [-0.3, -0.25) is 4.79 Å². The summed E-state index contributed by atoms with van der Waals surface area (Å²) in [5, 5.41) is 0. The molecule has 1 aliphatic heterocycles. The molecule has 21 heavy (non-hydrogen) atoms. The Bertz CT molecular complexity index is 358. The number of fused-ring (bicyclic) bond motifs is 1. The van der Waals surface area contributed by atoms with Crippen molar-refractivity contribution in [3.05, 3.63) is 0 Å². The number of amides is 1. The molecule has 0 radical (unpaired) electrons. The first-order chi connectivity index (χ1) is 10.3. The molecule has 1 saturated heterocycles. The van der Waals surface area contributed by atoms with Gasteiger partial charge in [0.25, 0.3) is 0 Å². The van der Waals surface area contributed by atoms with E-state index in [-0.39, 0.29) is 5.41 Å². The van der Waals surface area contributed by atoms with Crippen molar-refractivity contribution < 1.29 is 4.79 Å². The Morgan fingerprint density at radius 1 is 0.952 bits per heavy atom. The highest BCUT2D eigenvalue weighted by Gasteiger charge is 2.44. The smallest absolute Gasteiger partial charge is 0.230 e. The van der Waals surface area contributed by atoms with Gasteiger partial charge in [0.15, 0.2) is 0 Å². The number of rotatable bonds is 2. The summed E-state index contributed by atoms with van der Waals surface area (Å²) in [4.78, 5) is 15.6. The normalized spacial score (nSPS) is 33.1. The van der Waals surface area contributed by atoms with Crippen molar-refractivity contribution >= 4 is 5.91 Å². The first-order valence-corrected chi connectivity index (χ1v) is 9.28. The molecule has 3 rings (SSSR count). The molecule has 3 aliphatic rings. The number of carbonyl (C=O) groups is 1. The van der Waals surface area contributed by atoms with Crippen LogP contribution in [0.3, 0.4) is 0 Å². The Morgan fingerprint density at radius 2 is 1.62 bits per heavy atom. The van der Waals surface area contributed by atoms with E-state index in [1.54, 1.807) is 0 Å². The summed E-state index contributed by atoms with van der Waals surface area (Å²) >= 11 is 0. The molecule has 2 N–H and O–H groups in total. The quantitative estimate of drug-likeness (QED) is 0.792. The van der Waals surface area contributed by atoms with Crippen LogP contribution >= 0.6 is 0 Å². The van der Waals surface area contributed by atoms with E-state index in [4.69, 9.17) is 5.73 Å². The van der Waals surface area contributed by atoms with Crippen molar-refractivity contribution in [2.45, 2.75) is 83.1 Å². The van der Waals surface area contributed by atoms with E-state index in [2.05, 4.69) is 4.90 Å². The summed E-state index contributed by atoms with van der Waals surface area (Å²) in [6, 6.07) is 0.534. The molecule has 0 aromatic rings. The van der Waals surface area contributed by atoms with Crippen molar-refractivity contribution in [2.24, 2.45) is 17.1 Å². The fraction of sp³-hybridized carbons (Fsp3) is 0.944. The molecular weight excluding hydrogens is 260 g/mol. The average molecular weight is 292 g/mol. The molecule has 120 valence electrons. The summed E-state index contributed by atoms with van der Waals surface area (Å²) in [5.41, 5.74) is 5.91. The minimum Gasteiger partial charge on any atom is -0.339 e. The molecule has 2 unspecified atom stereocenters. The molecule has 0 aromatic heterocycles. The second-order valence-electron chi connectivity index (χ2n) is 7.65. The Morgan fingerprint density at radius 3 is 2.33 bits per heavy atom. The lowest BCUT2D eigenvalue weighted by Gasteiger charge is -2.47. The molecule has 1 heterocycles. The SMILES string of the molecule is NCC1(C(=O)N2CCCC3CCCCC32)CCCCCC1. The molecule has 0 spiro atoms. The number of carbonyl (C=O) groups excluding carboxylic acids is 1. The summed E-state index contributed by atoms with van der Waals surface area (Å²) in [6.07, 6.45) is 14.8. The van der Waals surface area contributed by atoms with Crippen molar-refractivity contribution in [2.75, 3.05) is 13.1 Å². The largest absolute Gasteiger partial charge is 0.339 e. The van der Waals surface area contributed by atoms with Gasteiger partial charge >= 0.3 is 0 Å². The van der Waals surface area contributed by atoms with Crippen LogP contribution in [0.1, 0.15) is 77.0 Å². The van der Waals surface area contributed by atoms with Crippen LogP contribution in [-0.2, 0) is 4.79 Å². The zero-order valence-electron chi connectivity index (χ0n) is 13.5. The maximum atomic E-state index is 13.4. The summed E-state index contributed by atoms with van der Waals surface area (Å²) in [6.45, 7) is 1.54. The Hall–Kier alpha value is -0.570. The predicted octanol–water partition coefficient (Wildman–Crippen LogP) is 3.47. The maximum Gasteiger partial charge on any atom is 0.230 e. The van der Waals surface area contributed by atoms with Crippen LogP contribution < -0.4 is 5.73 Å². The van der Waals surface area contributed by atoms with Crippen LogP contribution in [0, 0.1) is 11.3 Å². The number of hydrogen-bond donors (Lipinski definition) is 1. The van der Waals surface area contributed by atoms with E-state index in [1.165, 1.54) is 64.2 Å². The Kier molecular flexibility index (Phi) is 4.88. The van der Waals surface area contributed by atoms with Crippen LogP contribution in [0.5, 0.6) is 0 Å². The van der Waals surface area contributed by atoms with Gasteiger partial charge in [-0.05, 0) is 44.4 Å². The monoisotopic (exact) mass is 292 g/mol. The van der Waals surface area contributed by atoms with E-state index >= 15 is 0 Å². The van der Waals surface area contributed by atoms with E-state index in [0.29, 0.717) is 18.5 Å². The summed E-state index contributed by atoms with van der Waals surface area (Å²) in [7, 11) is 0. The topological polar surface area (TPSA) is 46.3 Å². The second-order valence-corrected chi connectivity index (χ2v) is 7.65. The molecule has 3 fully saturated rings. The van der Waals surface area contributed by atoms with Crippen molar-refractivity contribution in [3.63, 3.8) is 0 Å². The van der Waals surface area contributed by atoms with Crippen LogP contribution in [0.25, 0.3) is 0 Å². The van der Waals surface area contributed by atoms with Gasteiger partial charge in [0.1, 0.15) is 0 Å². The van der Waals surface area contributed by atoms with Crippen LogP contribution in [-0.4, -0.2) is 29.9 Å². The average Bonchev–Trinajstić information content (AvgIpc) is 2.80. The van der Waals surface area contributed by atoms with Gasteiger partial charge in [0.2, 0.25) is 5.91 Å². The van der Waals surface area contributed by atoms with E-state index in [9.17, 15) is 4.79 Å². The molecule has 2 aliphatic carbocycles. The highest BCUT2D eigenvalue weighted by Crippen LogP contribution is 2.41.